The normalized spacial score (nSPS) is 14.7. The van der Waals surface area contributed by atoms with Crippen LogP contribution in [-0.2, 0) is 9.53 Å². The van der Waals surface area contributed by atoms with Crippen LogP contribution in [0.3, 0.4) is 0 Å². The van der Waals surface area contributed by atoms with Gasteiger partial charge in [-0.3, -0.25) is 19.1 Å². The molecule has 1 aliphatic rings. The summed E-state index contributed by atoms with van der Waals surface area (Å²) in [6.45, 7) is 4.13. The number of hydrogen-bond donors (Lipinski definition) is 1. The third-order valence-corrected chi connectivity index (χ3v) is 5.67. The van der Waals surface area contributed by atoms with E-state index < -0.39 is 0 Å². The van der Waals surface area contributed by atoms with Gasteiger partial charge in [0.05, 0.1) is 12.7 Å². The molecule has 0 aliphatic carbocycles. The average Bonchev–Trinajstić information content (AvgIpc) is 3.21. The van der Waals surface area contributed by atoms with Crippen molar-refractivity contribution in [2.45, 2.75) is 11.6 Å². The number of ether oxygens (including phenoxy) is 1. The van der Waals surface area contributed by atoms with Crippen LogP contribution in [0.5, 0.6) is 0 Å². The lowest BCUT2D eigenvalue weighted by Crippen LogP contribution is -2.51. The maximum absolute atomic E-state index is 13.2. The van der Waals surface area contributed by atoms with Gasteiger partial charge in [0, 0.05) is 52.1 Å². The van der Waals surface area contributed by atoms with E-state index in [9.17, 15) is 9.59 Å². The maximum Gasteiger partial charge on any atom is 0.272 e. The largest absolute Gasteiger partial charge is 0.385 e. The number of carbonyl (C=O) groups is 2. The lowest BCUT2D eigenvalue weighted by atomic mass is 10.2. The molecule has 2 amide bonds. The van der Waals surface area contributed by atoms with E-state index in [1.807, 2.05) is 46.1 Å². The van der Waals surface area contributed by atoms with Gasteiger partial charge in [0.15, 0.2) is 5.16 Å². The molecule has 0 bridgehead atoms. The zero-order chi connectivity index (χ0) is 21.3. The summed E-state index contributed by atoms with van der Waals surface area (Å²) >= 11 is 1.51. The molecule has 9 heteroatoms. The van der Waals surface area contributed by atoms with Crippen molar-refractivity contribution in [3.63, 3.8) is 0 Å². The fourth-order valence-electron chi connectivity index (χ4n) is 3.43. The van der Waals surface area contributed by atoms with Crippen molar-refractivity contribution in [3.8, 4) is 5.69 Å². The maximum atomic E-state index is 13.2. The second kappa shape index (κ2) is 11.1. The summed E-state index contributed by atoms with van der Waals surface area (Å²) in [7, 11) is 1.65. The summed E-state index contributed by atoms with van der Waals surface area (Å²) in [6.07, 6.45) is 4.41. The predicted molar refractivity (Wildman–Crippen MR) is 117 cm³/mol. The molecular formula is C21H29N5O3S. The number of carbonyl (C=O) groups excluding carboxylic acids is 2. The number of amides is 2. The minimum Gasteiger partial charge on any atom is -0.385 e. The Balaban J connectivity index is 1.57. The Bertz CT molecular complexity index is 834. The minimum atomic E-state index is -0.0321. The number of aromatic nitrogens is 2. The number of rotatable bonds is 9. The molecule has 162 valence electrons. The molecule has 0 radical (unpaired) electrons. The zero-order valence-corrected chi connectivity index (χ0v) is 18.4. The number of nitrogens with zero attached hydrogens (tertiary/aromatic N) is 4. The Hall–Kier alpha value is -2.36. The van der Waals surface area contributed by atoms with Crippen molar-refractivity contribution in [2.75, 3.05) is 59.2 Å². The van der Waals surface area contributed by atoms with E-state index in [2.05, 4.69) is 15.2 Å². The van der Waals surface area contributed by atoms with Crippen molar-refractivity contribution in [3.05, 3.63) is 42.2 Å². The Kier molecular flexibility index (Phi) is 8.30. The molecule has 3 rings (SSSR count). The third kappa shape index (κ3) is 5.62. The van der Waals surface area contributed by atoms with E-state index in [0.29, 0.717) is 51.6 Å². The van der Waals surface area contributed by atoms with Gasteiger partial charge in [-0.1, -0.05) is 30.0 Å². The molecule has 1 aromatic carbocycles. The van der Waals surface area contributed by atoms with E-state index in [4.69, 9.17) is 4.74 Å². The standard InChI is InChI=1S/C21H29N5O3S/c1-29-14-6-9-22-19(27)16-24-10-12-25(13-11-24)20(28)18-15-23-21(30-2)26(18)17-7-4-3-5-8-17/h3-5,7-8,15H,6,9-14,16H2,1-2H3,(H,22,27). The minimum absolute atomic E-state index is 0.0117. The Morgan fingerprint density at radius 1 is 1.17 bits per heavy atom. The van der Waals surface area contributed by atoms with Gasteiger partial charge in [-0.25, -0.2) is 4.98 Å². The summed E-state index contributed by atoms with van der Waals surface area (Å²) < 4.78 is 6.89. The number of thioether (sulfide) groups is 1. The summed E-state index contributed by atoms with van der Waals surface area (Å²) in [5.74, 6) is -0.0204. The van der Waals surface area contributed by atoms with Gasteiger partial charge in [0.25, 0.3) is 5.91 Å². The number of piperazine rings is 1. The average molecular weight is 432 g/mol. The predicted octanol–water partition coefficient (Wildman–Crippen LogP) is 1.50. The van der Waals surface area contributed by atoms with Crippen LogP contribution in [-0.4, -0.2) is 90.4 Å². The third-order valence-electron chi connectivity index (χ3n) is 5.02. The first kappa shape index (κ1) is 22.3. The van der Waals surface area contributed by atoms with Crippen LogP contribution in [0, 0.1) is 0 Å². The molecule has 0 spiro atoms. The van der Waals surface area contributed by atoms with Crippen LogP contribution < -0.4 is 5.32 Å². The van der Waals surface area contributed by atoms with E-state index in [0.717, 1.165) is 17.3 Å². The highest BCUT2D eigenvalue weighted by Crippen LogP contribution is 2.23. The molecule has 1 aromatic heterocycles. The lowest BCUT2D eigenvalue weighted by molar-refractivity contribution is -0.122. The number of nitrogens with one attached hydrogen (secondary N) is 1. The van der Waals surface area contributed by atoms with Crippen molar-refractivity contribution < 1.29 is 14.3 Å². The van der Waals surface area contributed by atoms with Crippen LogP contribution in [0.1, 0.15) is 16.9 Å². The van der Waals surface area contributed by atoms with Gasteiger partial charge >= 0.3 is 0 Å². The molecule has 30 heavy (non-hydrogen) atoms. The highest BCUT2D eigenvalue weighted by Gasteiger charge is 2.26. The Morgan fingerprint density at radius 3 is 2.57 bits per heavy atom. The summed E-state index contributed by atoms with van der Waals surface area (Å²) in [5.41, 5.74) is 1.49. The molecular weight excluding hydrogens is 402 g/mol. The highest BCUT2D eigenvalue weighted by atomic mass is 32.2. The van der Waals surface area contributed by atoms with Gasteiger partial charge in [-0.2, -0.15) is 0 Å². The lowest BCUT2D eigenvalue weighted by Gasteiger charge is -2.34. The second-order valence-electron chi connectivity index (χ2n) is 7.07. The topological polar surface area (TPSA) is 79.7 Å². The van der Waals surface area contributed by atoms with Crippen LogP contribution in [0.25, 0.3) is 5.69 Å². The number of hydrogen-bond acceptors (Lipinski definition) is 6. The van der Waals surface area contributed by atoms with Gasteiger partial charge in [-0.15, -0.1) is 0 Å². The number of imidazole rings is 1. The molecule has 0 saturated carbocycles. The molecule has 0 unspecified atom stereocenters. The fraction of sp³-hybridized carbons (Fsp3) is 0.476. The number of para-hydroxylation sites is 1. The van der Waals surface area contributed by atoms with Gasteiger partial charge in [0.2, 0.25) is 5.91 Å². The first-order valence-corrected chi connectivity index (χ1v) is 11.3. The van der Waals surface area contributed by atoms with Crippen LogP contribution in [0.2, 0.25) is 0 Å². The molecule has 0 atom stereocenters. The van der Waals surface area contributed by atoms with Crippen molar-refractivity contribution in [1.82, 2.24) is 24.7 Å². The smallest absolute Gasteiger partial charge is 0.272 e. The molecule has 1 aliphatic heterocycles. The molecule has 1 saturated heterocycles. The van der Waals surface area contributed by atoms with Gasteiger partial charge in [0.1, 0.15) is 5.69 Å². The van der Waals surface area contributed by atoms with E-state index in [1.54, 1.807) is 13.3 Å². The number of benzene rings is 1. The highest BCUT2D eigenvalue weighted by molar-refractivity contribution is 7.98. The van der Waals surface area contributed by atoms with Crippen molar-refractivity contribution in [2.24, 2.45) is 0 Å². The molecule has 2 aromatic rings. The monoisotopic (exact) mass is 431 g/mol. The van der Waals surface area contributed by atoms with Crippen LogP contribution in [0.15, 0.2) is 41.7 Å². The molecule has 1 N–H and O–H groups in total. The SMILES string of the molecule is COCCCNC(=O)CN1CCN(C(=O)c2cnc(SC)n2-c2ccccc2)CC1. The van der Waals surface area contributed by atoms with Gasteiger partial charge < -0.3 is 15.0 Å². The van der Waals surface area contributed by atoms with Crippen molar-refractivity contribution in [1.29, 1.82) is 0 Å². The fourth-order valence-corrected chi connectivity index (χ4v) is 3.98. The molecule has 1 fully saturated rings. The van der Waals surface area contributed by atoms with E-state index in [-0.39, 0.29) is 11.8 Å². The first-order valence-electron chi connectivity index (χ1n) is 10.1. The molecule has 8 nitrogen and oxygen atoms in total. The second-order valence-corrected chi connectivity index (χ2v) is 7.84. The Morgan fingerprint density at radius 2 is 1.90 bits per heavy atom. The summed E-state index contributed by atoms with van der Waals surface area (Å²) in [4.78, 5) is 33.6. The van der Waals surface area contributed by atoms with Crippen LogP contribution in [0.4, 0.5) is 0 Å². The quantitative estimate of drug-likeness (QED) is 0.479. The van der Waals surface area contributed by atoms with Crippen LogP contribution >= 0.6 is 11.8 Å². The zero-order valence-electron chi connectivity index (χ0n) is 17.5. The van der Waals surface area contributed by atoms with Crippen molar-refractivity contribution >= 4 is 23.6 Å². The van der Waals surface area contributed by atoms with Gasteiger partial charge in [-0.05, 0) is 24.8 Å². The van der Waals surface area contributed by atoms with E-state index >= 15 is 0 Å². The van der Waals surface area contributed by atoms with E-state index in [1.165, 1.54) is 11.8 Å². The summed E-state index contributed by atoms with van der Waals surface area (Å²) in [6, 6.07) is 9.80. The first-order chi connectivity index (χ1) is 14.6. The number of methoxy groups -OCH3 is 1. The Labute approximate surface area is 181 Å². The molecule has 2 heterocycles. The summed E-state index contributed by atoms with van der Waals surface area (Å²) in [5, 5.41) is 3.69.